The SMILES string of the molecule is CCOC(=N)c1ncccc1C. The fourth-order valence-electron chi connectivity index (χ4n) is 0.936. The van der Waals surface area contributed by atoms with E-state index in [0.29, 0.717) is 12.3 Å². The molecule has 0 unspecified atom stereocenters. The number of nitrogens with one attached hydrogen (secondary N) is 1. The van der Waals surface area contributed by atoms with Crippen LogP contribution in [0, 0.1) is 12.3 Å². The van der Waals surface area contributed by atoms with Crippen LogP contribution in [0.2, 0.25) is 0 Å². The molecule has 12 heavy (non-hydrogen) atoms. The minimum absolute atomic E-state index is 0.149. The standard InChI is InChI=1S/C9H12N2O/c1-3-12-9(10)8-7(2)5-4-6-11-8/h4-6,10H,3H2,1-2H3. The van der Waals surface area contributed by atoms with Crippen molar-refractivity contribution >= 4 is 5.90 Å². The van der Waals surface area contributed by atoms with Gasteiger partial charge in [0.25, 0.3) is 0 Å². The van der Waals surface area contributed by atoms with Crippen LogP contribution < -0.4 is 0 Å². The van der Waals surface area contributed by atoms with E-state index < -0.39 is 0 Å². The topological polar surface area (TPSA) is 46.0 Å². The van der Waals surface area contributed by atoms with E-state index >= 15 is 0 Å². The Bertz CT molecular complexity index is 284. The van der Waals surface area contributed by atoms with Gasteiger partial charge in [0.2, 0.25) is 5.90 Å². The van der Waals surface area contributed by atoms with Crippen LogP contribution >= 0.6 is 0 Å². The van der Waals surface area contributed by atoms with Gasteiger partial charge < -0.3 is 4.74 Å². The van der Waals surface area contributed by atoms with Crippen LogP contribution in [0.15, 0.2) is 18.3 Å². The van der Waals surface area contributed by atoms with E-state index in [0.717, 1.165) is 5.56 Å². The van der Waals surface area contributed by atoms with Gasteiger partial charge in [-0.3, -0.25) is 10.4 Å². The van der Waals surface area contributed by atoms with Crippen LogP contribution in [-0.2, 0) is 4.74 Å². The summed E-state index contributed by atoms with van der Waals surface area (Å²) in [4.78, 5) is 4.05. The Morgan fingerprint density at radius 3 is 3.00 bits per heavy atom. The Kier molecular flexibility index (Phi) is 2.80. The van der Waals surface area contributed by atoms with Gasteiger partial charge in [-0.15, -0.1) is 0 Å². The predicted molar refractivity (Wildman–Crippen MR) is 47.4 cm³/mol. The van der Waals surface area contributed by atoms with E-state index in [-0.39, 0.29) is 5.90 Å². The third kappa shape index (κ3) is 1.81. The normalized spacial score (nSPS) is 9.50. The van der Waals surface area contributed by atoms with Gasteiger partial charge in [0.15, 0.2) is 0 Å². The number of rotatable bonds is 2. The first-order chi connectivity index (χ1) is 5.75. The number of aromatic nitrogens is 1. The molecule has 1 N–H and O–H groups in total. The third-order valence-corrected chi connectivity index (χ3v) is 1.51. The Morgan fingerprint density at radius 1 is 1.67 bits per heavy atom. The van der Waals surface area contributed by atoms with Crippen molar-refractivity contribution in [2.24, 2.45) is 0 Å². The smallest absolute Gasteiger partial charge is 0.232 e. The van der Waals surface area contributed by atoms with Crippen LogP contribution in [-0.4, -0.2) is 17.5 Å². The molecule has 3 nitrogen and oxygen atoms in total. The van der Waals surface area contributed by atoms with Crippen LogP contribution in [0.1, 0.15) is 18.2 Å². The highest BCUT2D eigenvalue weighted by atomic mass is 16.5. The molecule has 0 saturated carbocycles. The number of hydrogen-bond acceptors (Lipinski definition) is 3. The van der Waals surface area contributed by atoms with Crippen molar-refractivity contribution in [1.29, 1.82) is 5.41 Å². The third-order valence-electron chi connectivity index (χ3n) is 1.51. The molecule has 1 heterocycles. The molecule has 0 aliphatic heterocycles. The molecule has 0 radical (unpaired) electrons. The molecule has 0 aromatic carbocycles. The first-order valence-electron chi connectivity index (χ1n) is 3.89. The van der Waals surface area contributed by atoms with Gasteiger partial charge in [-0.1, -0.05) is 6.07 Å². The summed E-state index contributed by atoms with van der Waals surface area (Å²) in [5.74, 6) is 0.149. The summed E-state index contributed by atoms with van der Waals surface area (Å²) >= 11 is 0. The lowest BCUT2D eigenvalue weighted by Gasteiger charge is -2.05. The molecule has 0 spiro atoms. The Morgan fingerprint density at radius 2 is 2.42 bits per heavy atom. The summed E-state index contributed by atoms with van der Waals surface area (Å²) in [6, 6.07) is 3.76. The van der Waals surface area contributed by atoms with Crippen molar-refractivity contribution < 1.29 is 4.74 Å². The molecule has 1 rings (SSSR count). The molecule has 64 valence electrons. The summed E-state index contributed by atoms with van der Waals surface area (Å²) in [6.45, 7) is 4.28. The quantitative estimate of drug-likeness (QED) is 0.534. The average molecular weight is 164 g/mol. The van der Waals surface area contributed by atoms with Crippen LogP contribution in [0.25, 0.3) is 0 Å². The molecular formula is C9H12N2O. The highest BCUT2D eigenvalue weighted by molar-refractivity contribution is 5.90. The van der Waals surface area contributed by atoms with Crippen molar-refractivity contribution in [1.82, 2.24) is 4.98 Å². The zero-order valence-corrected chi connectivity index (χ0v) is 7.29. The minimum Gasteiger partial charge on any atom is -0.477 e. The second kappa shape index (κ2) is 3.85. The van der Waals surface area contributed by atoms with Crippen molar-refractivity contribution in [3.63, 3.8) is 0 Å². The predicted octanol–water partition coefficient (Wildman–Crippen LogP) is 1.75. The van der Waals surface area contributed by atoms with Gasteiger partial charge >= 0.3 is 0 Å². The molecule has 0 aliphatic carbocycles. The molecule has 0 saturated heterocycles. The largest absolute Gasteiger partial charge is 0.477 e. The van der Waals surface area contributed by atoms with Gasteiger partial charge in [-0.25, -0.2) is 0 Å². The van der Waals surface area contributed by atoms with Crippen molar-refractivity contribution in [3.05, 3.63) is 29.6 Å². The van der Waals surface area contributed by atoms with Gasteiger partial charge in [0.05, 0.1) is 6.61 Å². The maximum Gasteiger partial charge on any atom is 0.232 e. The lowest BCUT2D eigenvalue weighted by Crippen LogP contribution is -2.08. The maximum absolute atomic E-state index is 7.49. The first kappa shape index (κ1) is 8.71. The molecule has 0 fully saturated rings. The fourth-order valence-corrected chi connectivity index (χ4v) is 0.936. The number of hydrogen-bond donors (Lipinski definition) is 1. The highest BCUT2D eigenvalue weighted by Crippen LogP contribution is 2.04. The zero-order chi connectivity index (χ0) is 8.97. The van der Waals surface area contributed by atoms with Crippen LogP contribution in [0.5, 0.6) is 0 Å². The van der Waals surface area contributed by atoms with Crippen LogP contribution in [0.3, 0.4) is 0 Å². The van der Waals surface area contributed by atoms with Gasteiger partial charge in [0.1, 0.15) is 5.69 Å². The lowest BCUT2D eigenvalue weighted by molar-refractivity contribution is 0.324. The monoisotopic (exact) mass is 164 g/mol. The molecule has 0 aliphatic rings. The Balaban J connectivity index is 2.87. The Labute approximate surface area is 71.9 Å². The molecule has 3 heteroatoms. The first-order valence-corrected chi connectivity index (χ1v) is 3.89. The van der Waals surface area contributed by atoms with E-state index in [9.17, 15) is 0 Å². The average Bonchev–Trinajstić information content (AvgIpc) is 2.05. The number of aryl methyl sites for hydroxylation is 1. The summed E-state index contributed by atoms with van der Waals surface area (Å²) in [6.07, 6.45) is 1.66. The summed E-state index contributed by atoms with van der Waals surface area (Å²) in [7, 11) is 0. The van der Waals surface area contributed by atoms with Crippen molar-refractivity contribution in [2.45, 2.75) is 13.8 Å². The van der Waals surface area contributed by atoms with E-state index in [1.165, 1.54) is 0 Å². The second-order valence-corrected chi connectivity index (χ2v) is 2.43. The van der Waals surface area contributed by atoms with Crippen molar-refractivity contribution in [3.8, 4) is 0 Å². The highest BCUT2D eigenvalue weighted by Gasteiger charge is 2.05. The Hall–Kier alpha value is -1.38. The molecule has 0 bridgehead atoms. The number of pyridine rings is 1. The minimum atomic E-state index is 0.149. The summed E-state index contributed by atoms with van der Waals surface area (Å²) < 4.78 is 5.03. The van der Waals surface area contributed by atoms with E-state index in [1.807, 2.05) is 26.0 Å². The number of nitrogens with zero attached hydrogens (tertiary/aromatic N) is 1. The molecule has 1 aromatic heterocycles. The van der Waals surface area contributed by atoms with Crippen molar-refractivity contribution in [2.75, 3.05) is 6.61 Å². The second-order valence-electron chi connectivity index (χ2n) is 2.43. The maximum atomic E-state index is 7.49. The number of ether oxygens (including phenoxy) is 1. The molecule has 1 aromatic rings. The molecule has 0 amide bonds. The molecule has 0 atom stereocenters. The van der Waals surface area contributed by atoms with Crippen LogP contribution in [0.4, 0.5) is 0 Å². The summed E-state index contributed by atoms with van der Waals surface area (Å²) in [5.41, 5.74) is 1.59. The molecular weight excluding hydrogens is 152 g/mol. The van der Waals surface area contributed by atoms with Gasteiger partial charge in [0, 0.05) is 6.20 Å². The lowest BCUT2D eigenvalue weighted by atomic mass is 10.2. The van der Waals surface area contributed by atoms with Gasteiger partial charge in [-0.05, 0) is 25.5 Å². The fraction of sp³-hybridized carbons (Fsp3) is 0.333. The van der Waals surface area contributed by atoms with Gasteiger partial charge in [-0.2, -0.15) is 0 Å². The summed E-state index contributed by atoms with van der Waals surface area (Å²) in [5, 5.41) is 7.49. The van der Waals surface area contributed by atoms with E-state index in [1.54, 1.807) is 6.20 Å². The zero-order valence-electron chi connectivity index (χ0n) is 7.29. The van der Waals surface area contributed by atoms with E-state index in [2.05, 4.69) is 4.98 Å². The van der Waals surface area contributed by atoms with E-state index in [4.69, 9.17) is 10.1 Å².